The fraction of sp³-hybridized carbons (Fsp3) is 0.537. The molecule has 3 aromatic rings. The van der Waals surface area contributed by atoms with Crippen LogP contribution in [0.2, 0.25) is 0 Å². The number of carbonyl (C=O) groups excluding carboxylic acids is 1. The average Bonchev–Trinajstić information content (AvgIpc) is 3.09. The highest BCUT2D eigenvalue weighted by atomic mass is 16.5. The Labute approximate surface area is 274 Å². The van der Waals surface area contributed by atoms with Crippen molar-refractivity contribution in [2.24, 2.45) is 0 Å². The topological polar surface area (TPSA) is 47.6 Å². The maximum atomic E-state index is 12.8. The Hall–Kier alpha value is -2.95. The van der Waals surface area contributed by atoms with Crippen LogP contribution in [0, 0.1) is 0 Å². The molecule has 1 unspecified atom stereocenters. The van der Waals surface area contributed by atoms with E-state index < -0.39 is 5.60 Å². The summed E-state index contributed by atoms with van der Waals surface area (Å²) >= 11 is 0. The largest absolute Gasteiger partial charge is 0.374 e. The van der Waals surface area contributed by atoms with Gasteiger partial charge in [-0.2, -0.15) is 0 Å². The van der Waals surface area contributed by atoms with Gasteiger partial charge in [0.2, 0.25) is 5.91 Å². The molecule has 4 nitrogen and oxygen atoms in total. The Morgan fingerprint density at radius 1 is 0.600 bits per heavy atom. The summed E-state index contributed by atoms with van der Waals surface area (Å²) < 4.78 is 13.4. The Morgan fingerprint density at radius 2 is 1.02 bits per heavy atom. The van der Waals surface area contributed by atoms with Gasteiger partial charge in [0.25, 0.3) is 0 Å². The van der Waals surface area contributed by atoms with E-state index in [4.69, 9.17) is 9.47 Å². The molecule has 0 saturated carbocycles. The SMILES string of the molecule is CCCCCCCCCCCCCC(=O)NCC(COC(c1ccccc1)(c1ccccc1)c1ccccc1)OCCCCC. The van der Waals surface area contributed by atoms with E-state index in [-0.39, 0.29) is 12.0 Å². The molecule has 0 aliphatic heterocycles. The van der Waals surface area contributed by atoms with E-state index in [1.165, 1.54) is 57.8 Å². The lowest BCUT2D eigenvalue weighted by atomic mass is 9.80. The summed E-state index contributed by atoms with van der Waals surface area (Å²) in [5.74, 6) is 0.105. The van der Waals surface area contributed by atoms with Crippen molar-refractivity contribution in [3.05, 3.63) is 108 Å². The first-order valence-corrected chi connectivity index (χ1v) is 17.9. The van der Waals surface area contributed by atoms with Crippen LogP contribution in [0.25, 0.3) is 0 Å². The summed E-state index contributed by atoms with van der Waals surface area (Å²) in [6.07, 6.45) is 17.7. The van der Waals surface area contributed by atoms with Gasteiger partial charge in [-0.25, -0.2) is 0 Å². The number of hydrogen-bond donors (Lipinski definition) is 1. The molecule has 45 heavy (non-hydrogen) atoms. The summed E-state index contributed by atoms with van der Waals surface area (Å²) in [5.41, 5.74) is 2.38. The first-order chi connectivity index (χ1) is 22.2. The van der Waals surface area contributed by atoms with E-state index in [1.807, 2.05) is 18.2 Å². The van der Waals surface area contributed by atoms with Crippen LogP contribution < -0.4 is 5.32 Å². The number of amides is 1. The van der Waals surface area contributed by atoms with E-state index in [2.05, 4.69) is 92.0 Å². The van der Waals surface area contributed by atoms with Crippen molar-refractivity contribution in [3.8, 4) is 0 Å². The quantitative estimate of drug-likeness (QED) is 0.0764. The molecule has 246 valence electrons. The Bertz CT molecular complexity index is 1040. The minimum absolute atomic E-state index is 0.105. The van der Waals surface area contributed by atoms with Crippen LogP contribution in [-0.2, 0) is 19.9 Å². The highest BCUT2D eigenvalue weighted by molar-refractivity contribution is 5.75. The normalized spacial score (nSPS) is 12.2. The van der Waals surface area contributed by atoms with E-state index >= 15 is 0 Å². The predicted molar refractivity (Wildman–Crippen MR) is 189 cm³/mol. The van der Waals surface area contributed by atoms with Gasteiger partial charge in [-0.1, -0.05) is 182 Å². The summed E-state index contributed by atoms with van der Waals surface area (Å²) in [7, 11) is 0. The molecule has 3 rings (SSSR count). The van der Waals surface area contributed by atoms with Crippen LogP contribution in [0.5, 0.6) is 0 Å². The Kier molecular flexibility index (Phi) is 18.3. The van der Waals surface area contributed by atoms with Gasteiger partial charge in [-0.15, -0.1) is 0 Å². The second-order valence-electron chi connectivity index (χ2n) is 12.4. The van der Waals surface area contributed by atoms with Gasteiger partial charge in [-0.3, -0.25) is 4.79 Å². The molecular formula is C41H59NO3. The Morgan fingerprint density at radius 3 is 1.49 bits per heavy atom. The van der Waals surface area contributed by atoms with Gasteiger partial charge in [-0.05, 0) is 29.5 Å². The average molecular weight is 614 g/mol. The standard InChI is InChI=1S/C41H59NO3/c1-3-5-7-8-9-10-11-12-13-14-24-32-40(43)42-34-39(44-33-25-6-4-2)35-45-41(36-26-18-15-19-27-36,37-28-20-16-21-29-37)38-30-22-17-23-31-38/h15-23,26-31,39H,3-14,24-25,32-35H2,1-2H3,(H,42,43). The van der Waals surface area contributed by atoms with Crippen molar-refractivity contribution in [1.29, 1.82) is 0 Å². The van der Waals surface area contributed by atoms with Crippen molar-refractivity contribution in [1.82, 2.24) is 5.32 Å². The third-order valence-electron chi connectivity index (χ3n) is 8.66. The van der Waals surface area contributed by atoms with Crippen LogP contribution in [0.15, 0.2) is 91.0 Å². The molecular weight excluding hydrogens is 554 g/mol. The molecule has 0 heterocycles. The maximum absolute atomic E-state index is 12.8. The van der Waals surface area contributed by atoms with Crippen molar-refractivity contribution >= 4 is 5.91 Å². The number of nitrogens with one attached hydrogen (secondary N) is 1. The molecule has 1 atom stereocenters. The van der Waals surface area contributed by atoms with Crippen molar-refractivity contribution < 1.29 is 14.3 Å². The number of ether oxygens (including phenoxy) is 2. The second kappa shape index (κ2) is 22.5. The number of rotatable bonds is 25. The highest BCUT2D eigenvalue weighted by Gasteiger charge is 2.38. The van der Waals surface area contributed by atoms with Crippen molar-refractivity contribution in [3.63, 3.8) is 0 Å². The van der Waals surface area contributed by atoms with Crippen molar-refractivity contribution in [2.75, 3.05) is 19.8 Å². The minimum atomic E-state index is -0.811. The zero-order valence-corrected chi connectivity index (χ0v) is 28.2. The predicted octanol–water partition coefficient (Wildman–Crippen LogP) is 10.4. The molecule has 0 aromatic heterocycles. The number of benzene rings is 3. The van der Waals surface area contributed by atoms with Gasteiger partial charge in [0.05, 0.1) is 12.7 Å². The zero-order chi connectivity index (χ0) is 31.8. The monoisotopic (exact) mass is 613 g/mol. The fourth-order valence-corrected chi connectivity index (χ4v) is 6.02. The van der Waals surface area contributed by atoms with E-state index in [0.717, 1.165) is 48.8 Å². The molecule has 0 saturated heterocycles. The highest BCUT2D eigenvalue weighted by Crippen LogP contribution is 2.40. The molecule has 0 aliphatic rings. The smallest absolute Gasteiger partial charge is 0.220 e. The molecule has 0 radical (unpaired) electrons. The van der Waals surface area contributed by atoms with E-state index in [0.29, 0.717) is 26.2 Å². The fourth-order valence-electron chi connectivity index (χ4n) is 6.02. The lowest BCUT2D eigenvalue weighted by molar-refractivity contribution is -0.122. The molecule has 4 heteroatoms. The first-order valence-electron chi connectivity index (χ1n) is 17.9. The van der Waals surface area contributed by atoms with Crippen LogP contribution in [0.3, 0.4) is 0 Å². The molecule has 1 amide bonds. The molecule has 0 aliphatic carbocycles. The van der Waals surface area contributed by atoms with Crippen LogP contribution in [0.1, 0.15) is 127 Å². The molecule has 1 N–H and O–H groups in total. The Balaban J connectivity index is 1.59. The van der Waals surface area contributed by atoms with Gasteiger partial charge >= 0.3 is 0 Å². The number of unbranched alkanes of at least 4 members (excludes halogenated alkanes) is 12. The third-order valence-corrected chi connectivity index (χ3v) is 8.66. The zero-order valence-electron chi connectivity index (χ0n) is 28.2. The van der Waals surface area contributed by atoms with E-state index in [9.17, 15) is 4.79 Å². The number of carbonyl (C=O) groups is 1. The lowest BCUT2D eigenvalue weighted by Gasteiger charge is -2.37. The molecule has 0 bridgehead atoms. The molecule has 3 aromatic carbocycles. The first kappa shape index (κ1) is 36.5. The van der Waals surface area contributed by atoms with Gasteiger partial charge in [0.1, 0.15) is 5.60 Å². The van der Waals surface area contributed by atoms with Crippen LogP contribution in [-0.4, -0.2) is 31.8 Å². The second-order valence-corrected chi connectivity index (χ2v) is 12.4. The molecule has 0 spiro atoms. The molecule has 0 fully saturated rings. The lowest BCUT2D eigenvalue weighted by Crippen LogP contribution is -2.41. The van der Waals surface area contributed by atoms with Gasteiger partial charge in [0.15, 0.2) is 0 Å². The summed E-state index contributed by atoms with van der Waals surface area (Å²) in [5, 5.41) is 3.17. The summed E-state index contributed by atoms with van der Waals surface area (Å²) in [6.45, 7) is 5.92. The van der Waals surface area contributed by atoms with Crippen molar-refractivity contribution in [2.45, 2.75) is 122 Å². The maximum Gasteiger partial charge on any atom is 0.220 e. The summed E-state index contributed by atoms with van der Waals surface area (Å²) in [4.78, 5) is 12.8. The summed E-state index contributed by atoms with van der Waals surface area (Å²) in [6, 6.07) is 31.3. The van der Waals surface area contributed by atoms with Crippen LogP contribution >= 0.6 is 0 Å². The van der Waals surface area contributed by atoms with Gasteiger partial charge < -0.3 is 14.8 Å². The minimum Gasteiger partial charge on any atom is -0.374 e. The van der Waals surface area contributed by atoms with Gasteiger partial charge in [0, 0.05) is 19.6 Å². The van der Waals surface area contributed by atoms with E-state index in [1.54, 1.807) is 0 Å². The third kappa shape index (κ3) is 13.1. The van der Waals surface area contributed by atoms with Crippen LogP contribution in [0.4, 0.5) is 0 Å². The number of hydrogen-bond acceptors (Lipinski definition) is 3.